The molecule has 0 bridgehead atoms. The molecule has 30 heavy (non-hydrogen) atoms. The summed E-state index contributed by atoms with van der Waals surface area (Å²) < 4.78 is 6.33. The standard InChI is InChI=1S/C21H23BrN2O6/c1-21(2,9-11-3-5-12(22)6-4-11)23-10-16(26)14-7-13(25)8-15-17(14)30-18(20(28)29)19(27)24-15/h3-8,16,18,23,25-26H,9-10H2,1-2H3,(H,24,27)(H,28,29). The lowest BCUT2D eigenvalue weighted by atomic mass is 9.94. The van der Waals surface area contributed by atoms with E-state index >= 15 is 0 Å². The number of ether oxygens (including phenoxy) is 1. The number of carbonyl (C=O) groups is 2. The second-order valence-electron chi connectivity index (χ2n) is 7.82. The monoisotopic (exact) mass is 478 g/mol. The van der Waals surface area contributed by atoms with Crippen LogP contribution in [0.5, 0.6) is 11.5 Å². The van der Waals surface area contributed by atoms with Gasteiger partial charge in [-0.3, -0.25) is 4.79 Å². The van der Waals surface area contributed by atoms with Crippen LogP contribution in [-0.2, 0) is 16.0 Å². The number of anilines is 1. The lowest BCUT2D eigenvalue weighted by Gasteiger charge is -2.30. The average Bonchev–Trinajstić information content (AvgIpc) is 2.66. The lowest BCUT2D eigenvalue weighted by Crippen LogP contribution is -2.44. The van der Waals surface area contributed by atoms with Gasteiger partial charge in [0.25, 0.3) is 12.0 Å². The number of fused-ring (bicyclic) bond motifs is 1. The molecule has 1 heterocycles. The number of aliphatic hydroxyl groups excluding tert-OH is 1. The van der Waals surface area contributed by atoms with Gasteiger partial charge in [0.05, 0.1) is 11.8 Å². The molecule has 0 fully saturated rings. The highest BCUT2D eigenvalue weighted by Gasteiger charge is 2.36. The van der Waals surface area contributed by atoms with Crippen molar-refractivity contribution in [1.29, 1.82) is 0 Å². The van der Waals surface area contributed by atoms with Gasteiger partial charge in [-0.2, -0.15) is 0 Å². The number of aliphatic carboxylic acids is 1. The number of phenolic OH excluding ortho intramolecular Hbond substituents is 1. The number of hydrogen-bond donors (Lipinski definition) is 5. The first-order chi connectivity index (χ1) is 14.1. The highest BCUT2D eigenvalue weighted by atomic mass is 79.9. The maximum Gasteiger partial charge on any atom is 0.354 e. The van der Waals surface area contributed by atoms with Crippen molar-refractivity contribution >= 4 is 33.5 Å². The van der Waals surface area contributed by atoms with Crippen molar-refractivity contribution < 1.29 is 29.6 Å². The van der Waals surface area contributed by atoms with E-state index in [-0.39, 0.29) is 34.8 Å². The van der Waals surface area contributed by atoms with E-state index in [4.69, 9.17) is 4.74 Å². The minimum Gasteiger partial charge on any atom is -0.508 e. The van der Waals surface area contributed by atoms with Crippen LogP contribution in [-0.4, -0.2) is 45.4 Å². The Labute approximate surface area is 182 Å². The Morgan fingerprint density at radius 3 is 2.60 bits per heavy atom. The first-order valence-electron chi connectivity index (χ1n) is 9.30. The van der Waals surface area contributed by atoms with Crippen LogP contribution in [0.3, 0.4) is 0 Å². The van der Waals surface area contributed by atoms with Crippen LogP contribution in [0, 0.1) is 0 Å². The van der Waals surface area contributed by atoms with Crippen LogP contribution in [0.2, 0.25) is 0 Å². The van der Waals surface area contributed by atoms with Gasteiger partial charge in [-0.15, -0.1) is 0 Å². The van der Waals surface area contributed by atoms with E-state index in [0.29, 0.717) is 6.42 Å². The van der Waals surface area contributed by atoms with Crippen LogP contribution >= 0.6 is 15.9 Å². The lowest BCUT2D eigenvalue weighted by molar-refractivity contribution is -0.149. The summed E-state index contributed by atoms with van der Waals surface area (Å²) in [5.74, 6) is -2.45. The number of benzene rings is 2. The number of hydrogen-bond acceptors (Lipinski definition) is 6. The zero-order valence-electron chi connectivity index (χ0n) is 16.5. The van der Waals surface area contributed by atoms with Gasteiger partial charge in [-0.25, -0.2) is 4.79 Å². The molecule has 1 amide bonds. The Kier molecular flexibility index (Phi) is 6.35. The van der Waals surface area contributed by atoms with Crippen LogP contribution in [0.4, 0.5) is 5.69 Å². The number of aliphatic hydroxyl groups is 1. The van der Waals surface area contributed by atoms with Crippen molar-refractivity contribution in [2.75, 3.05) is 11.9 Å². The number of carbonyl (C=O) groups excluding carboxylic acids is 1. The summed E-state index contributed by atoms with van der Waals surface area (Å²) in [6, 6.07) is 10.5. The van der Waals surface area contributed by atoms with Crippen LogP contribution in [0.25, 0.3) is 0 Å². The number of phenols is 1. The summed E-state index contributed by atoms with van der Waals surface area (Å²) in [6.07, 6.45) is -2.13. The van der Waals surface area contributed by atoms with Gasteiger partial charge in [0.1, 0.15) is 5.75 Å². The van der Waals surface area contributed by atoms with Crippen molar-refractivity contribution in [3.63, 3.8) is 0 Å². The fourth-order valence-corrected chi connectivity index (χ4v) is 3.56. The van der Waals surface area contributed by atoms with E-state index in [0.717, 1.165) is 10.0 Å². The molecular formula is C21H23BrN2O6. The molecule has 2 unspecified atom stereocenters. The summed E-state index contributed by atoms with van der Waals surface area (Å²) in [5.41, 5.74) is 1.06. The fraction of sp³-hybridized carbons (Fsp3) is 0.333. The Hall–Kier alpha value is -2.62. The topological polar surface area (TPSA) is 128 Å². The Balaban J connectivity index is 1.75. The minimum atomic E-state index is -1.73. The van der Waals surface area contributed by atoms with E-state index in [1.165, 1.54) is 12.1 Å². The highest BCUT2D eigenvalue weighted by molar-refractivity contribution is 9.10. The summed E-state index contributed by atoms with van der Waals surface area (Å²) in [4.78, 5) is 23.1. The van der Waals surface area contributed by atoms with Gasteiger partial charge in [0.2, 0.25) is 0 Å². The predicted molar refractivity (Wildman–Crippen MR) is 114 cm³/mol. The molecular weight excluding hydrogens is 456 g/mol. The van der Waals surface area contributed by atoms with Gasteiger partial charge in [0, 0.05) is 28.2 Å². The molecule has 0 saturated heterocycles. The molecule has 0 saturated carbocycles. The number of β-amino-alcohol motifs (C(OH)–C–C–N with tert-alkyl or cyclic N) is 1. The molecule has 2 aromatic carbocycles. The quantitative estimate of drug-likeness (QED) is 0.386. The number of amides is 1. The molecule has 8 nitrogen and oxygen atoms in total. The molecule has 0 aliphatic carbocycles. The van der Waals surface area contributed by atoms with Gasteiger partial charge >= 0.3 is 5.97 Å². The summed E-state index contributed by atoms with van der Waals surface area (Å²) in [5, 5.41) is 35.6. The maximum absolute atomic E-state index is 11.9. The zero-order chi connectivity index (χ0) is 22.1. The molecule has 2 atom stereocenters. The van der Waals surface area contributed by atoms with Crippen molar-refractivity contribution in [2.24, 2.45) is 0 Å². The minimum absolute atomic E-state index is 0.0276. The summed E-state index contributed by atoms with van der Waals surface area (Å²) in [6.45, 7) is 4.11. The number of rotatable bonds is 7. The molecule has 0 spiro atoms. The molecule has 160 valence electrons. The van der Waals surface area contributed by atoms with E-state index in [1.807, 2.05) is 38.1 Å². The zero-order valence-corrected chi connectivity index (χ0v) is 18.1. The molecule has 0 radical (unpaired) electrons. The van der Waals surface area contributed by atoms with E-state index in [2.05, 4.69) is 26.6 Å². The van der Waals surface area contributed by atoms with Gasteiger partial charge in [-0.1, -0.05) is 28.1 Å². The number of halogens is 1. The van der Waals surface area contributed by atoms with Crippen molar-refractivity contribution in [1.82, 2.24) is 5.32 Å². The first kappa shape index (κ1) is 22.1. The number of aromatic hydroxyl groups is 1. The van der Waals surface area contributed by atoms with E-state index in [9.17, 15) is 24.9 Å². The normalized spacial score (nSPS) is 16.9. The molecule has 2 aromatic rings. The second kappa shape index (κ2) is 8.63. The summed E-state index contributed by atoms with van der Waals surface area (Å²) >= 11 is 3.41. The first-order valence-corrected chi connectivity index (χ1v) is 10.1. The molecule has 3 rings (SSSR count). The third-order valence-corrected chi connectivity index (χ3v) is 5.28. The van der Waals surface area contributed by atoms with Crippen LogP contribution < -0.4 is 15.4 Å². The van der Waals surface area contributed by atoms with Crippen molar-refractivity contribution in [2.45, 2.75) is 38.0 Å². The third-order valence-electron chi connectivity index (χ3n) is 4.75. The van der Waals surface area contributed by atoms with Gasteiger partial charge < -0.3 is 30.7 Å². The van der Waals surface area contributed by atoms with Gasteiger partial charge in [0.15, 0.2) is 5.75 Å². The predicted octanol–water partition coefficient (Wildman–Crippen LogP) is 2.58. The van der Waals surface area contributed by atoms with Crippen molar-refractivity contribution in [3.05, 3.63) is 52.0 Å². The molecule has 1 aliphatic rings. The van der Waals surface area contributed by atoms with E-state index in [1.54, 1.807) is 0 Å². The third kappa shape index (κ3) is 5.10. The SMILES string of the molecule is CC(C)(Cc1ccc(Br)cc1)NCC(O)c1cc(O)cc2c1OC(C(=O)O)C(=O)N2. The Morgan fingerprint density at radius 1 is 1.30 bits per heavy atom. The number of carboxylic acids is 1. The number of nitrogens with one attached hydrogen (secondary N) is 2. The molecule has 1 aliphatic heterocycles. The molecule has 0 aromatic heterocycles. The smallest absolute Gasteiger partial charge is 0.354 e. The Bertz CT molecular complexity index is 961. The van der Waals surface area contributed by atoms with Crippen molar-refractivity contribution in [3.8, 4) is 11.5 Å². The highest BCUT2D eigenvalue weighted by Crippen LogP contribution is 2.40. The van der Waals surface area contributed by atoms with Crippen LogP contribution in [0.1, 0.15) is 31.1 Å². The number of carboxylic acid groups (broad SMARTS) is 1. The second-order valence-corrected chi connectivity index (χ2v) is 8.74. The van der Waals surface area contributed by atoms with E-state index < -0.39 is 24.1 Å². The Morgan fingerprint density at radius 2 is 1.97 bits per heavy atom. The van der Waals surface area contributed by atoms with Gasteiger partial charge in [-0.05, 0) is 44.0 Å². The average molecular weight is 479 g/mol. The molecule has 9 heteroatoms. The molecule has 5 N–H and O–H groups in total. The largest absolute Gasteiger partial charge is 0.508 e. The fourth-order valence-electron chi connectivity index (χ4n) is 3.30. The summed E-state index contributed by atoms with van der Waals surface area (Å²) in [7, 11) is 0. The van der Waals surface area contributed by atoms with Crippen LogP contribution in [0.15, 0.2) is 40.9 Å². The maximum atomic E-state index is 11.9.